The maximum Gasteiger partial charge on any atom is 0.301 e. The van der Waals surface area contributed by atoms with Crippen molar-refractivity contribution in [2.24, 2.45) is 0 Å². The Morgan fingerprint density at radius 3 is 2.95 bits per heavy atom. The van der Waals surface area contributed by atoms with Crippen LogP contribution in [-0.2, 0) is 4.74 Å². The highest BCUT2D eigenvalue weighted by atomic mass is 16.5. The normalized spacial score (nSPS) is 25.5. The van der Waals surface area contributed by atoms with Crippen molar-refractivity contribution in [1.29, 1.82) is 0 Å². The Kier molecular flexibility index (Phi) is 3.20. The number of ether oxygens (including phenoxy) is 1. The molecule has 1 fully saturated rings. The van der Waals surface area contributed by atoms with Gasteiger partial charge < -0.3 is 20.7 Å². The van der Waals surface area contributed by atoms with Crippen molar-refractivity contribution in [2.45, 2.75) is 24.9 Å². The number of hydrogen-bond acceptors (Lipinski definition) is 8. The van der Waals surface area contributed by atoms with Gasteiger partial charge in [0.2, 0.25) is 5.95 Å². The van der Waals surface area contributed by atoms with Gasteiger partial charge in [-0.05, 0) is 0 Å². The van der Waals surface area contributed by atoms with Crippen LogP contribution in [0.3, 0.4) is 0 Å². The first-order valence-corrected chi connectivity index (χ1v) is 6.22. The molecule has 2 aromatic heterocycles. The lowest BCUT2D eigenvalue weighted by Crippen LogP contribution is -2.22. The fourth-order valence-electron chi connectivity index (χ4n) is 2.40. The van der Waals surface area contributed by atoms with E-state index in [1.807, 2.05) is 0 Å². The minimum Gasteiger partial charge on any atom is -0.394 e. The Morgan fingerprint density at radius 2 is 2.29 bits per heavy atom. The molecular weight excluding hydrogens is 282 g/mol. The number of rotatable bonds is 2. The lowest BCUT2D eigenvalue weighted by atomic mass is 10.2. The van der Waals surface area contributed by atoms with E-state index >= 15 is 0 Å². The number of H-pyrrole nitrogens is 1. The summed E-state index contributed by atoms with van der Waals surface area (Å²) in [6.07, 6.45) is -0.982. The molecule has 3 atom stereocenters. The zero-order valence-corrected chi connectivity index (χ0v) is 10.8. The number of nitrogens with one attached hydrogen (secondary N) is 1. The quantitative estimate of drug-likeness (QED) is 0.482. The number of fused-ring (bicyclic) bond motifs is 1. The standard InChI is InChI=1S/C11H13N5O5/c12-11-14-8(19)6-7(9(20)15-11)16(3-13-6)10-5(18)1-4(2-17)21-10/h3-5,10,17-18H,1-2H2,(H3,12,14,15,19,20)/t4-,5+,10+/m0/s1. The first kappa shape index (κ1) is 13.7. The van der Waals surface area contributed by atoms with Crippen LogP contribution in [0.5, 0.6) is 0 Å². The van der Waals surface area contributed by atoms with Gasteiger partial charge in [-0.25, -0.2) is 4.98 Å². The molecule has 0 bridgehead atoms. The summed E-state index contributed by atoms with van der Waals surface area (Å²) in [5.41, 5.74) is 3.69. The van der Waals surface area contributed by atoms with Crippen LogP contribution >= 0.6 is 0 Å². The molecule has 1 aliphatic heterocycles. The van der Waals surface area contributed by atoms with Gasteiger partial charge in [-0.15, -0.1) is 0 Å². The molecular formula is C11H13N5O5. The van der Waals surface area contributed by atoms with E-state index in [9.17, 15) is 14.7 Å². The van der Waals surface area contributed by atoms with Crippen LogP contribution < -0.4 is 16.9 Å². The molecule has 0 amide bonds. The van der Waals surface area contributed by atoms with Gasteiger partial charge in [0.25, 0.3) is 5.56 Å². The van der Waals surface area contributed by atoms with Crippen LogP contribution in [0.25, 0.3) is 11.0 Å². The fourth-order valence-corrected chi connectivity index (χ4v) is 2.40. The number of anilines is 1. The third kappa shape index (κ3) is 2.18. The van der Waals surface area contributed by atoms with E-state index in [0.717, 1.165) is 0 Å². The number of aromatic nitrogens is 4. The van der Waals surface area contributed by atoms with Crippen molar-refractivity contribution in [3.63, 3.8) is 0 Å². The molecule has 0 aliphatic carbocycles. The maximum atomic E-state index is 12.1. The molecule has 112 valence electrons. The van der Waals surface area contributed by atoms with Gasteiger partial charge in [0.1, 0.15) is 11.6 Å². The highest BCUT2D eigenvalue weighted by Crippen LogP contribution is 2.29. The molecule has 3 rings (SSSR count). The van der Waals surface area contributed by atoms with E-state index in [4.69, 9.17) is 15.6 Å². The number of nitrogens with two attached hydrogens (primary N) is 1. The van der Waals surface area contributed by atoms with Crippen molar-refractivity contribution < 1.29 is 14.9 Å². The fraction of sp³-hybridized carbons (Fsp3) is 0.455. The molecule has 21 heavy (non-hydrogen) atoms. The van der Waals surface area contributed by atoms with Gasteiger partial charge in [-0.1, -0.05) is 0 Å². The minimum absolute atomic E-state index is 0.0909. The topological polar surface area (TPSA) is 156 Å². The largest absolute Gasteiger partial charge is 0.394 e. The average molecular weight is 295 g/mol. The summed E-state index contributed by atoms with van der Waals surface area (Å²) in [7, 11) is 0. The minimum atomic E-state index is -0.940. The maximum absolute atomic E-state index is 12.1. The van der Waals surface area contributed by atoms with Crippen molar-refractivity contribution in [1.82, 2.24) is 19.5 Å². The molecule has 0 spiro atoms. The third-order valence-electron chi connectivity index (χ3n) is 3.32. The average Bonchev–Trinajstić information content (AvgIpc) is 2.98. The number of hydrogen-bond donors (Lipinski definition) is 4. The summed E-state index contributed by atoms with van der Waals surface area (Å²) in [5, 5.41) is 19.1. The number of aliphatic hydroxyl groups excluding tert-OH is 2. The highest BCUT2D eigenvalue weighted by Gasteiger charge is 2.36. The second kappa shape index (κ2) is 4.91. The van der Waals surface area contributed by atoms with E-state index in [2.05, 4.69) is 15.0 Å². The molecule has 0 radical (unpaired) electrons. The lowest BCUT2D eigenvalue weighted by molar-refractivity contribution is -0.0485. The van der Waals surface area contributed by atoms with Crippen LogP contribution in [0.4, 0.5) is 5.95 Å². The molecule has 10 nitrogen and oxygen atoms in total. The smallest absolute Gasteiger partial charge is 0.301 e. The van der Waals surface area contributed by atoms with Gasteiger partial charge in [-0.3, -0.25) is 19.1 Å². The zero-order chi connectivity index (χ0) is 15.1. The van der Waals surface area contributed by atoms with Crippen LogP contribution in [0.15, 0.2) is 15.9 Å². The van der Waals surface area contributed by atoms with Crippen molar-refractivity contribution in [2.75, 3.05) is 12.3 Å². The predicted molar refractivity (Wildman–Crippen MR) is 70.5 cm³/mol. The second-order valence-corrected chi connectivity index (χ2v) is 4.74. The second-order valence-electron chi connectivity index (χ2n) is 4.74. The summed E-state index contributed by atoms with van der Waals surface area (Å²) >= 11 is 0. The van der Waals surface area contributed by atoms with Gasteiger partial charge in [0.05, 0.1) is 19.0 Å². The summed E-state index contributed by atoms with van der Waals surface area (Å²) < 4.78 is 6.69. The lowest BCUT2D eigenvalue weighted by Gasteiger charge is -2.16. The molecule has 1 aliphatic rings. The van der Waals surface area contributed by atoms with Crippen LogP contribution in [0, 0.1) is 0 Å². The molecule has 1 saturated heterocycles. The Balaban J connectivity index is 2.22. The summed E-state index contributed by atoms with van der Waals surface area (Å²) in [6, 6.07) is 0. The van der Waals surface area contributed by atoms with Gasteiger partial charge >= 0.3 is 5.56 Å². The molecule has 0 saturated carbocycles. The Hall–Kier alpha value is -2.30. The van der Waals surface area contributed by atoms with E-state index in [1.54, 1.807) is 0 Å². The molecule has 0 aromatic carbocycles. The number of nitrogen functional groups attached to an aromatic ring is 1. The van der Waals surface area contributed by atoms with E-state index in [1.165, 1.54) is 10.9 Å². The van der Waals surface area contributed by atoms with E-state index < -0.39 is 29.6 Å². The molecule has 10 heteroatoms. The summed E-state index contributed by atoms with van der Waals surface area (Å²) in [6.45, 7) is -0.258. The van der Waals surface area contributed by atoms with Gasteiger partial charge in [0.15, 0.2) is 11.7 Å². The van der Waals surface area contributed by atoms with E-state index in [-0.39, 0.29) is 30.0 Å². The van der Waals surface area contributed by atoms with Crippen molar-refractivity contribution in [3.8, 4) is 0 Å². The Labute approximate surface area is 116 Å². The molecule has 3 heterocycles. The summed E-state index contributed by atoms with van der Waals surface area (Å²) in [4.78, 5) is 33.4. The van der Waals surface area contributed by atoms with Crippen LogP contribution in [0.1, 0.15) is 12.6 Å². The van der Waals surface area contributed by atoms with Gasteiger partial charge in [-0.2, -0.15) is 4.98 Å². The van der Waals surface area contributed by atoms with E-state index in [0.29, 0.717) is 0 Å². The predicted octanol–water partition coefficient (Wildman–Crippen LogP) is -2.30. The van der Waals surface area contributed by atoms with Crippen LogP contribution in [0.2, 0.25) is 0 Å². The van der Waals surface area contributed by atoms with Crippen LogP contribution in [-0.4, -0.2) is 48.5 Å². The molecule has 0 unspecified atom stereocenters. The number of nitrogens with zero attached hydrogens (tertiary/aromatic N) is 3. The van der Waals surface area contributed by atoms with Crippen molar-refractivity contribution in [3.05, 3.63) is 27.0 Å². The molecule has 2 aromatic rings. The van der Waals surface area contributed by atoms with Gasteiger partial charge in [0, 0.05) is 6.42 Å². The molecule has 5 N–H and O–H groups in total. The zero-order valence-electron chi connectivity index (χ0n) is 10.8. The first-order valence-electron chi connectivity index (χ1n) is 6.22. The SMILES string of the molecule is Nc1nc(=O)c2ncn([C@@H]3O[C@H](CO)C[C@H]3O)c2c(=O)[nH]1. The summed E-state index contributed by atoms with van der Waals surface area (Å²) in [5.74, 6) is -0.323. The number of imidazole rings is 1. The highest BCUT2D eigenvalue weighted by molar-refractivity contribution is 5.72. The number of aliphatic hydroxyl groups is 2. The first-order chi connectivity index (χ1) is 10.0. The monoisotopic (exact) mass is 295 g/mol. The van der Waals surface area contributed by atoms with Crippen molar-refractivity contribution >= 4 is 17.0 Å². The Bertz CT molecular complexity index is 800. The Morgan fingerprint density at radius 1 is 1.52 bits per heavy atom. The third-order valence-corrected chi connectivity index (χ3v) is 3.32. The number of aromatic amines is 1.